The Labute approximate surface area is 102 Å². The molecule has 1 heteroatoms. The quantitative estimate of drug-likeness (QED) is 0.699. The molecule has 1 aliphatic rings. The third kappa shape index (κ3) is 1.84. The van der Waals surface area contributed by atoms with Crippen molar-refractivity contribution in [1.82, 2.24) is 0 Å². The summed E-state index contributed by atoms with van der Waals surface area (Å²) in [7, 11) is 0. The van der Waals surface area contributed by atoms with Gasteiger partial charge in [-0.3, -0.25) is 0 Å². The van der Waals surface area contributed by atoms with Crippen molar-refractivity contribution in [2.45, 2.75) is 6.42 Å². The van der Waals surface area contributed by atoms with Gasteiger partial charge in [0.15, 0.2) is 0 Å². The van der Waals surface area contributed by atoms with E-state index >= 15 is 0 Å². The normalized spacial score (nSPS) is 14.1. The van der Waals surface area contributed by atoms with E-state index in [1.54, 1.807) is 0 Å². The molecular weight excluding hydrogens is 259 g/mol. The third-order valence-electron chi connectivity index (χ3n) is 2.76. The Bertz CT molecular complexity index is 526. The number of hydrogen-bond acceptors (Lipinski definition) is 0. The molecule has 1 heterocycles. The van der Waals surface area contributed by atoms with Gasteiger partial charge in [0.25, 0.3) is 0 Å². The maximum absolute atomic E-state index is 2.39. The van der Waals surface area contributed by atoms with Crippen LogP contribution in [0.25, 0.3) is 4.47 Å². The van der Waals surface area contributed by atoms with Crippen molar-refractivity contribution in [1.29, 1.82) is 0 Å². The number of rotatable bonds is 1. The molecule has 2 aromatic rings. The van der Waals surface area contributed by atoms with E-state index in [1.165, 1.54) is 20.1 Å². The number of benzene rings is 2. The van der Waals surface area contributed by atoms with Crippen molar-refractivity contribution in [3.8, 4) is 0 Å². The summed E-state index contributed by atoms with van der Waals surface area (Å²) in [5.41, 5.74) is 2.89. The van der Waals surface area contributed by atoms with Gasteiger partial charge in [-0.2, -0.15) is 0 Å². The molecule has 2 aromatic carbocycles. The zero-order chi connectivity index (χ0) is 10.8. The van der Waals surface area contributed by atoms with Crippen molar-refractivity contribution < 1.29 is 0 Å². The topological polar surface area (TPSA) is 0 Å². The Balaban J connectivity index is 1.95. The van der Waals surface area contributed by atoms with Crippen LogP contribution in [0.15, 0.2) is 60.7 Å². The van der Waals surface area contributed by atoms with Crippen molar-refractivity contribution in [2.75, 3.05) is 0 Å². The van der Waals surface area contributed by atoms with Crippen LogP contribution in [-0.2, 0) is 6.42 Å². The summed E-state index contributed by atoms with van der Waals surface area (Å²) < 4.78 is 3.06. The number of hydrogen-bond donors (Lipinski definition) is 0. The minimum absolute atomic E-state index is 0.468. The van der Waals surface area contributed by atoms with Crippen LogP contribution < -0.4 is 4.46 Å². The molecule has 0 unspecified atom stereocenters. The summed E-state index contributed by atoms with van der Waals surface area (Å²) in [6.07, 6.45) is 3.47. The molecule has 0 amide bonds. The first-order chi connectivity index (χ1) is 7.93. The molecule has 16 heavy (non-hydrogen) atoms. The fourth-order valence-corrected chi connectivity index (χ4v) is 4.19. The molecule has 0 saturated carbocycles. The fraction of sp³-hybridized carbons (Fsp3) is 0.0667. The van der Waals surface area contributed by atoms with Gasteiger partial charge >= 0.3 is 102 Å². The molecule has 78 valence electrons. The van der Waals surface area contributed by atoms with E-state index in [2.05, 4.69) is 60.7 Å². The second-order valence-corrected chi connectivity index (χ2v) is 6.12. The van der Waals surface area contributed by atoms with Crippen LogP contribution in [0.3, 0.4) is 0 Å². The van der Waals surface area contributed by atoms with Gasteiger partial charge in [0.1, 0.15) is 0 Å². The van der Waals surface area contributed by atoms with Crippen LogP contribution in [0.4, 0.5) is 0 Å². The van der Waals surface area contributed by atoms with E-state index in [-0.39, 0.29) is 0 Å². The van der Waals surface area contributed by atoms with Crippen LogP contribution in [0.2, 0.25) is 0 Å². The van der Waals surface area contributed by atoms with Gasteiger partial charge in [0, 0.05) is 0 Å². The van der Waals surface area contributed by atoms with Gasteiger partial charge < -0.3 is 0 Å². The molecule has 0 bridgehead atoms. The third-order valence-corrected chi connectivity index (χ3v) is 5.36. The Morgan fingerprint density at radius 2 is 1.56 bits per heavy atom. The van der Waals surface area contributed by atoms with E-state index in [0.717, 1.165) is 6.42 Å². The SMILES string of the molecule is C1=C(c2ccccc2)[Se]c2ccccc2C1. The van der Waals surface area contributed by atoms with E-state index in [4.69, 9.17) is 0 Å². The van der Waals surface area contributed by atoms with Crippen molar-refractivity contribution in [2.24, 2.45) is 0 Å². The summed E-state index contributed by atoms with van der Waals surface area (Å²) in [5, 5.41) is 0. The van der Waals surface area contributed by atoms with Crippen LogP contribution >= 0.6 is 0 Å². The van der Waals surface area contributed by atoms with Gasteiger partial charge in [0.2, 0.25) is 0 Å². The van der Waals surface area contributed by atoms with Gasteiger partial charge in [0.05, 0.1) is 0 Å². The summed E-state index contributed by atoms with van der Waals surface area (Å²) in [5.74, 6) is 0. The van der Waals surface area contributed by atoms with Gasteiger partial charge in [-0.1, -0.05) is 0 Å². The molecule has 0 fully saturated rings. The first-order valence-electron chi connectivity index (χ1n) is 5.45. The second kappa shape index (κ2) is 4.29. The predicted octanol–water partition coefficient (Wildman–Crippen LogP) is 2.61. The van der Waals surface area contributed by atoms with Gasteiger partial charge in [-0.05, 0) is 0 Å². The predicted molar refractivity (Wildman–Crippen MR) is 70.0 cm³/mol. The monoisotopic (exact) mass is 272 g/mol. The minimum atomic E-state index is 0.468. The zero-order valence-electron chi connectivity index (χ0n) is 8.89. The van der Waals surface area contributed by atoms with E-state index in [0.29, 0.717) is 15.0 Å². The molecule has 0 aliphatic carbocycles. The fourth-order valence-electron chi connectivity index (χ4n) is 1.91. The Hall–Kier alpha value is -1.30. The van der Waals surface area contributed by atoms with Crippen molar-refractivity contribution in [3.05, 3.63) is 71.8 Å². The molecule has 0 atom stereocenters. The zero-order valence-corrected chi connectivity index (χ0v) is 10.6. The maximum atomic E-state index is 2.39. The van der Waals surface area contributed by atoms with Gasteiger partial charge in [-0.15, -0.1) is 0 Å². The number of fused-ring (bicyclic) bond motifs is 1. The molecule has 0 radical (unpaired) electrons. The van der Waals surface area contributed by atoms with E-state index in [9.17, 15) is 0 Å². The number of allylic oxidation sites excluding steroid dienone is 1. The Kier molecular flexibility index (Phi) is 2.65. The van der Waals surface area contributed by atoms with E-state index in [1.807, 2.05) is 0 Å². The second-order valence-electron chi connectivity index (χ2n) is 3.85. The van der Waals surface area contributed by atoms with Crippen LogP contribution in [0.1, 0.15) is 11.1 Å². The molecule has 3 rings (SSSR count). The standard InChI is InChI=1S/C15H12Se/c1-2-6-12(7-3-1)15-11-10-13-8-4-5-9-14(13)16-15/h1-9,11H,10H2. The average molecular weight is 271 g/mol. The van der Waals surface area contributed by atoms with Crippen molar-refractivity contribution >= 4 is 23.9 Å². The van der Waals surface area contributed by atoms with Crippen LogP contribution in [0, 0.1) is 0 Å². The molecule has 0 saturated heterocycles. The first kappa shape index (κ1) is 9.89. The summed E-state index contributed by atoms with van der Waals surface area (Å²) in [4.78, 5) is 0. The molecule has 1 aliphatic heterocycles. The summed E-state index contributed by atoms with van der Waals surface area (Å²) in [6.45, 7) is 0. The Morgan fingerprint density at radius 3 is 2.44 bits per heavy atom. The van der Waals surface area contributed by atoms with Gasteiger partial charge in [-0.25, -0.2) is 0 Å². The first-order valence-corrected chi connectivity index (χ1v) is 7.16. The van der Waals surface area contributed by atoms with Crippen molar-refractivity contribution in [3.63, 3.8) is 0 Å². The van der Waals surface area contributed by atoms with E-state index < -0.39 is 0 Å². The molecule has 0 N–H and O–H groups in total. The van der Waals surface area contributed by atoms with Crippen LogP contribution in [-0.4, -0.2) is 15.0 Å². The molecule has 0 spiro atoms. The molecule has 0 aromatic heterocycles. The summed E-state index contributed by atoms with van der Waals surface area (Å²) >= 11 is 0.468. The summed E-state index contributed by atoms with van der Waals surface area (Å²) in [6, 6.07) is 19.5. The van der Waals surface area contributed by atoms with Crippen LogP contribution in [0.5, 0.6) is 0 Å². The molecular formula is C15H12Se. The average Bonchev–Trinajstić information content (AvgIpc) is 2.39. The molecule has 0 nitrogen and oxygen atoms in total. The Morgan fingerprint density at radius 1 is 0.812 bits per heavy atom.